The normalized spacial score (nSPS) is 12.4. The lowest BCUT2D eigenvalue weighted by atomic mass is 10.1. The second kappa shape index (κ2) is 7.22. The zero-order valence-electron chi connectivity index (χ0n) is 11.4. The van der Waals surface area contributed by atoms with Gasteiger partial charge < -0.3 is 5.32 Å². The molecule has 0 aromatic carbocycles. The molecule has 0 radical (unpaired) electrons. The van der Waals surface area contributed by atoms with Crippen LogP contribution in [-0.4, -0.2) is 27.9 Å². The molecule has 0 bridgehead atoms. The molecule has 1 N–H and O–H groups in total. The summed E-state index contributed by atoms with van der Waals surface area (Å²) in [7, 11) is 1.93. The van der Waals surface area contributed by atoms with Crippen molar-refractivity contribution in [1.29, 1.82) is 0 Å². The number of nitrogens with one attached hydrogen (secondary N) is 1. The molecule has 0 unspecified atom stereocenters. The van der Waals surface area contributed by atoms with E-state index in [9.17, 15) is 0 Å². The van der Waals surface area contributed by atoms with Gasteiger partial charge in [-0.3, -0.25) is 4.68 Å². The van der Waals surface area contributed by atoms with Crippen LogP contribution in [0.1, 0.15) is 33.0 Å². The van der Waals surface area contributed by atoms with E-state index in [1.54, 1.807) is 6.33 Å². The van der Waals surface area contributed by atoms with Crippen molar-refractivity contribution in [2.24, 2.45) is 13.0 Å². The van der Waals surface area contributed by atoms with Gasteiger partial charge in [0, 0.05) is 13.5 Å². The van der Waals surface area contributed by atoms with Crippen LogP contribution < -0.4 is 5.32 Å². The van der Waals surface area contributed by atoms with E-state index in [4.69, 9.17) is 0 Å². The van der Waals surface area contributed by atoms with Gasteiger partial charge in [-0.15, -0.1) is 0 Å². The number of hydrogen-bond donors (Lipinski definition) is 1. The molecule has 0 saturated carbocycles. The Bertz CT molecular complexity index is 352. The summed E-state index contributed by atoms with van der Waals surface area (Å²) >= 11 is 0. The second-order valence-electron chi connectivity index (χ2n) is 4.91. The number of aromatic nitrogens is 3. The Hall–Kier alpha value is -1.16. The molecule has 0 spiro atoms. The first kappa shape index (κ1) is 13.9. The van der Waals surface area contributed by atoms with Crippen molar-refractivity contribution in [2.75, 3.05) is 13.1 Å². The number of nitrogens with zero attached hydrogens (tertiary/aromatic N) is 3. The van der Waals surface area contributed by atoms with Crippen molar-refractivity contribution in [3.63, 3.8) is 0 Å². The van der Waals surface area contributed by atoms with Gasteiger partial charge in [-0.05, 0) is 32.4 Å². The van der Waals surface area contributed by atoms with E-state index in [1.165, 1.54) is 5.57 Å². The summed E-state index contributed by atoms with van der Waals surface area (Å²) in [5.74, 6) is 1.74. The van der Waals surface area contributed by atoms with Crippen LogP contribution in [-0.2, 0) is 13.5 Å². The average molecular weight is 236 g/mol. The zero-order chi connectivity index (χ0) is 12.7. The molecular formula is C13H24N4. The molecule has 0 aliphatic carbocycles. The molecule has 0 amide bonds. The Balaban J connectivity index is 2.23. The second-order valence-corrected chi connectivity index (χ2v) is 4.91. The fourth-order valence-corrected chi connectivity index (χ4v) is 1.61. The topological polar surface area (TPSA) is 42.7 Å². The van der Waals surface area contributed by atoms with E-state index in [0.29, 0.717) is 0 Å². The SMILES string of the molecule is CC(=CCCNCC(C)C)Cc1ncnn1C. The maximum absolute atomic E-state index is 4.22. The van der Waals surface area contributed by atoms with Crippen LogP contribution in [0.15, 0.2) is 18.0 Å². The Kier molecular flexibility index (Phi) is 5.91. The Morgan fingerprint density at radius 1 is 1.53 bits per heavy atom. The van der Waals surface area contributed by atoms with E-state index in [-0.39, 0.29) is 0 Å². The zero-order valence-corrected chi connectivity index (χ0v) is 11.4. The minimum Gasteiger partial charge on any atom is -0.316 e. The summed E-state index contributed by atoms with van der Waals surface area (Å²) < 4.78 is 1.83. The molecule has 0 aliphatic rings. The fraction of sp³-hybridized carbons (Fsp3) is 0.692. The number of hydrogen-bond acceptors (Lipinski definition) is 3. The van der Waals surface area contributed by atoms with Crippen molar-refractivity contribution >= 4 is 0 Å². The van der Waals surface area contributed by atoms with Gasteiger partial charge in [0.1, 0.15) is 12.2 Å². The summed E-state index contributed by atoms with van der Waals surface area (Å²) in [5, 5.41) is 7.50. The minimum atomic E-state index is 0.721. The van der Waals surface area contributed by atoms with Gasteiger partial charge in [0.25, 0.3) is 0 Å². The summed E-state index contributed by atoms with van der Waals surface area (Å²) in [6.07, 6.45) is 5.85. The highest BCUT2D eigenvalue weighted by molar-refractivity contribution is 5.06. The van der Waals surface area contributed by atoms with E-state index >= 15 is 0 Å². The van der Waals surface area contributed by atoms with Crippen LogP contribution in [0, 0.1) is 5.92 Å². The monoisotopic (exact) mass is 236 g/mol. The third-order valence-corrected chi connectivity index (χ3v) is 2.61. The molecule has 1 rings (SSSR count). The van der Waals surface area contributed by atoms with Crippen molar-refractivity contribution in [2.45, 2.75) is 33.6 Å². The van der Waals surface area contributed by atoms with Gasteiger partial charge in [-0.2, -0.15) is 5.10 Å². The molecule has 1 aromatic rings. The molecule has 0 aliphatic heterocycles. The van der Waals surface area contributed by atoms with Crippen LogP contribution in [0.3, 0.4) is 0 Å². The van der Waals surface area contributed by atoms with Crippen LogP contribution in [0.5, 0.6) is 0 Å². The molecule has 17 heavy (non-hydrogen) atoms. The van der Waals surface area contributed by atoms with Crippen molar-refractivity contribution < 1.29 is 0 Å². The third kappa shape index (κ3) is 5.63. The first-order chi connectivity index (χ1) is 8.09. The number of rotatable bonds is 7. The van der Waals surface area contributed by atoms with E-state index < -0.39 is 0 Å². The van der Waals surface area contributed by atoms with Crippen molar-refractivity contribution in [3.05, 3.63) is 23.8 Å². The lowest BCUT2D eigenvalue weighted by molar-refractivity contribution is 0.556. The standard InChI is InChI=1S/C13H24N4/c1-11(2)9-14-7-5-6-12(3)8-13-15-10-16-17(13)4/h6,10-11,14H,5,7-9H2,1-4H3. The molecular weight excluding hydrogens is 212 g/mol. The highest BCUT2D eigenvalue weighted by Crippen LogP contribution is 2.04. The fourth-order valence-electron chi connectivity index (χ4n) is 1.61. The van der Waals surface area contributed by atoms with Crippen LogP contribution in [0.4, 0.5) is 0 Å². The maximum Gasteiger partial charge on any atom is 0.138 e. The lowest BCUT2D eigenvalue weighted by Gasteiger charge is -2.06. The van der Waals surface area contributed by atoms with Gasteiger partial charge in [0.15, 0.2) is 0 Å². The Morgan fingerprint density at radius 3 is 2.88 bits per heavy atom. The number of aryl methyl sites for hydroxylation is 1. The van der Waals surface area contributed by atoms with E-state index in [1.807, 2.05) is 11.7 Å². The van der Waals surface area contributed by atoms with Gasteiger partial charge in [0.2, 0.25) is 0 Å². The Labute approximate surface area is 104 Å². The van der Waals surface area contributed by atoms with Gasteiger partial charge in [0.05, 0.1) is 0 Å². The highest BCUT2D eigenvalue weighted by atomic mass is 15.3. The van der Waals surface area contributed by atoms with Crippen LogP contribution in [0.25, 0.3) is 0 Å². The summed E-state index contributed by atoms with van der Waals surface area (Å²) in [5.41, 5.74) is 1.35. The average Bonchev–Trinajstić information content (AvgIpc) is 2.63. The Morgan fingerprint density at radius 2 is 2.29 bits per heavy atom. The molecule has 1 aromatic heterocycles. The maximum atomic E-state index is 4.22. The minimum absolute atomic E-state index is 0.721. The van der Waals surface area contributed by atoms with Crippen LogP contribution in [0.2, 0.25) is 0 Å². The van der Waals surface area contributed by atoms with Gasteiger partial charge >= 0.3 is 0 Å². The number of allylic oxidation sites excluding steroid dienone is 1. The molecule has 4 nitrogen and oxygen atoms in total. The third-order valence-electron chi connectivity index (χ3n) is 2.61. The first-order valence-electron chi connectivity index (χ1n) is 6.28. The predicted molar refractivity (Wildman–Crippen MR) is 70.8 cm³/mol. The highest BCUT2D eigenvalue weighted by Gasteiger charge is 2.00. The largest absolute Gasteiger partial charge is 0.316 e. The molecule has 96 valence electrons. The van der Waals surface area contributed by atoms with Crippen molar-refractivity contribution in [3.8, 4) is 0 Å². The summed E-state index contributed by atoms with van der Waals surface area (Å²) in [4.78, 5) is 4.22. The van der Waals surface area contributed by atoms with Gasteiger partial charge in [-0.1, -0.05) is 25.5 Å². The molecule has 1 heterocycles. The van der Waals surface area contributed by atoms with Crippen LogP contribution >= 0.6 is 0 Å². The molecule has 0 fully saturated rings. The molecule has 0 atom stereocenters. The lowest BCUT2D eigenvalue weighted by Crippen LogP contribution is -2.20. The van der Waals surface area contributed by atoms with Gasteiger partial charge in [-0.25, -0.2) is 4.98 Å². The quantitative estimate of drug-likeness (QED) is 0.581. The first-order valence-corrected chi connectivity index (χ1v) is 6.28. The smallest absolute Gasteiger partial charge is 0.138 e. The summed E-state index contributed by atoms with van der Waals surface area (Å²) in [6, 6.07) is 0. The van der Waals surface area contributed by atoms with E-state index in [0.717, 1.165) is 37.7 Å². The van der Waals surface area contributed by atoms with E-state index in [2.05, 4.69) is 42.2 Å². The van der Waals surface area contributed by atoms with Crippen molar-refractivity contribution in [1.82, 2.24) is 20.1 Å². The molecule has 0 saturated heterocycles. The molecule has 4 heteroatoms. The summed E-state index contributed by atoms with van der Waals surface area (Å²) in [6.45, 7) is 8.74. The predicted octanol–water partition coefficient (Wildman–Crippen LogP) is 1.94.